The molecule has 2 aliphatic carbocycles. The van der Waals surface area contributed by atoms with E-state index in [-0.39, 0.29) is 0 Å². The van der Waals surface area contributed by atoms with Crippen molar-refractivity contribution in [2.24, 2.45) is 17.8 Å². The van der Waals surface area contributed by atoms with Crippen molar-refractivity contribution in [1.29, 1.82) is 0 Å². The highest BCUT2D eigenvalue weighted by atomic mass is 16.1. The van der Waals surface area contributed by atoms with E-state index in [1.807, 2.05) is 0 Å². The summed E-state index contributed by atoms with van der Waals surface area (Å²) in [6.07, 6.45) is 10.5. The van der Waals surface area contributed by atoms with Gasteiger partial charge in [-0.25, -0.2) is 0 Å². The minimum absolute atomic E-state index is 0.301. The minimum atomic E-state index is 0.301. The number of hydrogen-bond donors (Lipinski definition) is 0. The van der Waals surface area contributed by atoms with Gasteiger partial charge < -0.3 is 0 Å². The maximum Gasteiger partial charge on any atom is 0.140 e. The van der Waals surface area contributed by atoms with Gasteiger partial charge >= 0.3 is 0 Å². The first kappa shape index (κ1) is 11.9. The van der Waals surface area contributed by atoms with Crippen molar-refractivity contribution in [2.45, 2.75) is 58.8 Å². The quantitative estimate of drug-likeness (QED) is 0.654. The Kier molecular flexibility index (Phi) is 3.83. The van der Waals surface area contributed by atoms with Crippen molar-refractivity contribution in [2.75, 3.05) is 0 Å². The molecule has 90 valence electrons. The second-order valence-corrected chi connectivity index (χ2v) is 5.56. The third kappa shape index (κ3) is 2.23. The van der Waals surface area contributed by atoms with E-state index in [9.17, 15) is 4.79 Å². The van der Waals surface area contributed by atoms with E-state index >= 15 is 0 Å². The van der Waals surface area contributed by atoms with Gasteiger partial charge in [0, 0.05) is 12.3 Å². The zero-order chi connectivity index (χ0) is 11.5. The first-order valence-electron chi connectivity index (χ1n) is 6.95. The standard InChI is InChI=1S/C15H24O/c1-3-11(2)13-9-10-14(16)15(13)12-7-5-4-6-8-12/h7,11,13,15H,3-6,8-10H2,1-2H3. The zero-order valence-electron chi connectivity index (χ0n) is 10.7. The van der Waals surface area contributed by atoms with E-state index in [1.165, 1.54) is 37.7 Å². The van der Waals surface area contributed by atoms with Crippen LogP contribution < -0.4 is 0 Å². The summed E-state index contributed by atoms with van der Waals surface area (Å²) in [7, 11) is 0. The molecule has 1 fully saturated rings. The van der Waals surface area contributed by atoms with Gasteiger partial charge in [0.05, 0.1) is 0 Å². The Balaban J connectivity index is 2.15. The van der Waals surface area contributed by atoms with Crippen LogP contribution in [-0.4, -0.2) is 5.78 Å². The molecule has 0 spiro atoms. The Bertz CT molecular complexity index is 290. The third-order valence-corrected chi connectivity index (χ3v) is 4.60. The van der Waals surface area contributed by atoms with Crippen molar-refractivity contribution in [3.63, 3.8) is 0 Å². The van der Waals surface area contributed by atoms with Gasteiger partial charge in [-0.3, -0.25) is 4.79 Å². The smallest absolute Gasteiger partial charge is 0.140 e. The largest absolute Gasteiger partial charge is 0.299 e. The first-order valence-corrected chi connectivity index (χ1v) is 6.95. The van der Waals surface area contributed by atoms with Gasteiger partial charge in [-0.2, -0.15) is 0 Å². The highest BCUT2D eigenvalue weighted by molar-refractivity contribution is 5.86. The number of rotatable bonds is 3. The van der Waals surface area contributed by atoms with E-state index in [2.05, 4.69) is 19.9 Å². The molecule has 16 heavy (non-hydrogen) atoms. The SMILES string of the molecule is CCC(C)C1CCC(=O)C1C1=CCCCC1. The molecule has 3 atom stereocenters. The lowest BCUT2D eigenvalue weighted by Crippen LogP contribution is -2.23. The number of Topliss-reactive ketones (excluding diaryl/α,β-unsaturated/α-hetero) is 1. The van der Waals surface area contributed by atoms with E-state index in [4.69, 9.17) is 0 Å². The van der Waals surface area contributed by atoms with Crippen LogP contribution in [0.5, 0.6) is 0 Å². The number of ketones is 1. The van der Waals surface area contributed by atoms with Crippen molar-refractivity contribution in [3.8, 4) is 0 Å². The number of carbonyl (C=O) groups is 1. The van der Waals surface area contributed by atoms with Gasteiger partial charge in [0.15, 0.2) is 0 Å². The molecule has 0 heterocycles. The molecule has 0 aromatic rings. The zero-order valence-corrected chi connectivity index (χ0v) is 10.7. The summed E-state index contributed by atoms with van der Waals surface area (Å²) >= 11 is 0. The van der Waals surface area contributed by atoms with Crippen molar-refractivity contribution in [3.05, 3.63) is 11.6 Å². The van der Waals surface area contributed by atoms with Gasteiger partial charge in [0.2, 0.25) is 0 Å². The fourth-order valence-corrected chi connectivity index (χ4v) is 3.41. The molecule has 0 aromatic heterocycles. The monoisotopic (exact) mass is 220 g/mol. The van der Waals surface area contributed by atoms with Crippen LogP contribution in [0.3, 0.4) is 0 Å². The third-order valence-electron chi connectivity index (χ3n) is 4.60. The molecule has 1 nitrogen and oxygen atoms in total. The Morgan fingerprint density at radius 2 is 2.19 bits per heavy atom. The molecule has 0 aliphatic heterocycles. The highest BCUT2D eigenvalue weighted by Crippen LogP contribution is 2.42. The number of hydrogen-bond acceptors (Lipinski definition) is 1. The summed E-state index contributed by atoms with van der Waals surface area (Å²) in [4.78, 5) is 12.1. The van der Waals surface area contributed by atoms with Crippen LogP contribution in [0, 0.1) is 17.8 Å². The molecule has 0 radical (unpaired) electrons. The Morgan fingerprint density at radius 3 is 2.81 bits per heavy atom. The van der Waals surface area contributed by atoms with E-state index in [0.29, 0.717) is 23.5 Å². The lowest BCUT2D eigenvalue weighted by molar-refractivity contribution is -0.120. The topological polar surface area (TPSA) is 17.1 Å². The molecule has 0 amide bonds. The molecule has 1 heteroatoms. The molecule has 3 unspecified atom stereocenters. The average Bonchev–Trinajstić information content (AvgIpc) is 2.71. The van der Waals surface area contributed by atoms with Crippen molar-refractivity contribution in [1.82, 2.24) is 0 Å². The summed E-state index contributed by atoms with van der Waals surface area (Å²) in [5, 5.41) is 0. The number of carbonyl (C=O) groups excluding carboxylic acids is 1. The molecule has 0 aromatic carbocycles. The maximum atomic E-state index is 12.1. The van der Waals surface area contributed by atoms with Crippen LogP contribution in [0.1, 0.15) is 58.8 Å². The molecular formula is C15H24O. The predicted molar refractivity (Wildman–Crippen MR) is 67.2 cm³/mol. The Labute approximate surface area is 99.3 Å². The summed E-state index contributed by atoms with van der Waals surface area (Å²) in [5.41, 5.74) is 1.49. The highest BCUT2D eigenvalue weighted by Gasteiger charge is 2.39. The molecule has 2 rings (SSSR count). The molecular weight excluding hydrogens is 196 g/mol. The summed E-state index contributed by atoms with van der Waals surface area (Å²) in [6.45, 7) is 4.57. The van der Waals surface area contributed by atoms with Crippen LogP contribution in [0.15, 0.2) is 11.6 Å². The fraction of sp³-hybridized carbons (Fsp3) is 0.800. The van der Waals surface area contributed by atoms with Crippen LogP contribution >= 0.6 is 0 Å². The van der Waals surface area contributed by atoms with Gasteiger partial charge in [-0.15, -0.1) is 0 Å². The molecule has 2 aliphatic rings. The van der Waals surface area contributed by atoms with Crippen LogP contribution in [0.2, 0.25) is 0 Å². The fourth-order valence-electron chi connectivity index (χ4n) is 3.41. The van der Waals surface area contributed by atoms with Crippen LogP contribution in [0.25, 0.3) is 0 Å². The van der Waals surface area contributed by atoms with Gasteiger partial charge in [0.1, 0.15) is 5.78 Å². The predicted octanol–water partition coefficient (Wildman–Crippen LogP) is 4.13. The van der Waals surface area contributed by atoms with Crippen molar-refractivity contribution >= 4 is 5.78 Å². The summed E-state index contributed by atoms with van der Waals surface area (Å²) in [5.74, 6) is 2.18. The normalized spacial score (nSPS) is 32.6. The Morgan fingerprint density at radius 1 is 1.38 bits per heavy atom. The van der Waals surface area contributed by atoms with E-state index < -0.39 is 0 Å². The molecule has 0 bridgehead atoms. The maximum absolute atomic E-state index is 12.1. The lowest BCUT2D eigenvalue weighted by Gasteiger charge is -2.27. The van der Waals surface area contributed by atoms with Crippen LogP contribution in [-0.2, 0) is 4.79 Å². The van der Waals surface area contributed by atoms with Gasteiger partial charge in [-0.1, -0.05) is 31.9 Å². The van der Waals surface area contributed by atoms with E-state index in [0.717, 1.165) is 12.8 Å². The first-order chi connectivity index (χ1) is 7.74. The second-order valence-electron chi connectivity index (χ2n) is 5.56. The van der Waals surface area contributed by atoms with Gasteiger partial charge in [0.25, 0.3) is 0 Å². The Hall–Kier alpha value is -0.590. The lowest BCUT2D eigenvalue weighted by atomic mass is 9.76. The summed E-state index contributed by atoms with van der Waals surface area (Å²) in [6, 6.07) is 0. The molecule has 0 saturated heterocycles. The van der Waals surface area contributed by atoms with Crippen molar-refractivity contribution < 1.29 is 4.79 Å². The minimum Gasteiger partial charge on any atom is -0.299 e. The average molecular weight is 220 g/mol. The number of allylic oxidation sites excluding steroid dienone is 2. The molecule has 1 saturated carbocycles. The molecule has 0 N–H and O–H groups in total. The summed E-state index contributed by atoms with van der Waals surface area (Å²) < 4.78 is 0. The van der Waals surface area contributed by atoms with Crippen LogP contribution in [0.4, 0.5) is 0 Å². The van der Waals surface area contributed by atoms with E-state index in [1.54, 1.807) is 0 Å². The second kappa shape index (κ2) is 5.16. The van der Waals surface area contributed by atoms with Gasteiger partial charge in [-0.05, 0) is 43.9 Å².